The quantitative estimate of drug-likeness (QED) is 0.805. The van der Waals surface area contributed by atoms with Crippen LogP contribution >= 0.6 is 0 Å². The van der Waals surface area contributed by atoms with Crippen molar-refractivity contribution in [3.8, 4) is 0 Å². The van der Waals surface area contributed by atoms with Gasteiger partial charge in [-0.3, -0.25) is 4.79 Å². The number of nitrogens with zero attached hydrogens (tertiary/aromatic N) is 1. The maximum atomic E-state index is 12.5. The zero-order valence-electron chi connectivity index (χ0n) is 14.6. The summed E-state index contributed by atoms with van der Waals surface area (Å²) >= 11 is 0. The number of hydrogen-bond acceptors (Lipinski definition) is 3. The summed E-state index contributed by atoms with van der Waals surface area (Å²) in [6.07, 6.45) is 11.1. The Morgan fingerprint density at radius 3 is 2.48 bits per heavy atom. The van der Waals surface area contributed by atoms with Gasteiger partial charge in [0.1, 0.15) is 0 Å². The maximum absolute atomic E-state index is 12.5. The van der Waals surface area contributed by atoms with E-state index in [1.54, 1.807) is 0 Å². The Hall–Kier alpha value is -0.620. The molecule has 0 bridgehead atoms. The van der Waals surface area contributed by atoms with E-state index in [9.17, 15) is 13.2 Å². The average molecular weight is 345 g/mol. The summed E-state index contributed by atoms with van der Waals surface area (Å²) in [6, 6.07) is -0.0243. The van der Waals surface area contributed by atoms with Crippen LogP contribution in [0.5, 0.6) is 0 Å². The zero-order valence-corrected chi connectivity index (χ0v) is 15.4. The Morgan fingerprint density at radius 1 is 1.17 bits per heavy atom. The maximum Gasteiger partial charge on any atom is 0.223 e. The average Bonchev–Trinajstić information content (AvgIpc) is 2.53. The van der Waals surface area contributed by atoms with Crippen molar-refractivity contribution in [3.05, 3.63) is 0 Å². The summed E-state index contributed by atoms with van der Waals surface area (Å²) in [6.45, 7) is 3.23. The highest BCUT2D eigenvalue weighted by Gasteiger charge is 2.30. The summed E-state index contributed by atoms with van der Waals surface area (Å²) in [4.78, 5) is 12.5. The molecule has 0 aromatic heterocycles. The molecule has 0 radical (unpaired) electrons. The van der Waals surface area contributed by atoms with Gasteiger partial charge >= 0.3 is 0 Å². The van der Waals surface area contributed by atoms with Gasteiger partial charge in [0.15, 0.2) is 0 Å². The molecule has 0 spiro atoms. The summed E-state index contributed by atoms with van der Waals surface area (Å²) in [5.41, 5.74) is 0. The zero-order chi connectivity index (χ0) is 16.9. The number of sulfonamides is 1. The van der Waals surface area contributed by atoms with Crippen LogP contribution in [0, 0.1) is 11.8 Å². The van der Waals surface area contributed by atoms with Crippen molar-refractivity contribution >= 4 is 15.9 Å². The second kappa shape index (κ2) is 8.47. The second-order valence-electron chi connectivity index (χ2n) is 7.33. The van der Waals surface area contributed by atoms with Crippen molar-refractivity contribution in [1.82, 2.24) is 9.62 Å². The van der Waals surface area contributed by atoms with Crippen molar-refractivity contribution in [2.75, 3.05) is 19.3 Å². The number of nitrogens with one attached hydrogen (secondary N) is 1. The standard InChI is InChI=1S/C17H32N2O3S/c1-3-4-6-14-8-10-15(11-9-14)17(20)18-16-7-5-12-19(13-16)23(2,21)22/h14-16H,3-13H2,1-2H3,(H,18,20). The van der Waals surface area contributed by atoms with Gasteiger partial charge in [-0.15, -0.1) is 0 Å². The molecule has 1 saturated heterocycles. The Bertz CT molecular complexity index is 484. The van der Waals surface area contributed by atoms with Crippen molar-refractivity contribution in [2.45, 2.75) is 70.8 Å². The third kappa shape index (κ3) is 5.75. The summed E-state index contributed by atoms with van der Waals surface area (Å²) in [5, 5.41) is 3.10. The van der Waals surface area contributed by atoms with Crippen LogP contribution in [0.4, 0.5) is 0 Å². The molecule has 0 aromatic rings. The highest BCUT2D eigenvalue weighted by atomic mass is 32.2. The molecule has 1 N–H and O–H groups in total. The lowest BCUT2D eigenvalue weighted by Gasteiger charge is -2.33. The first kappa shape index (κ1) is 18.7. The third-order valence-corrected chi connectivity index (χ3v) is 6.65. The molecule has 23 heavy (non-hydrogen) atoms. The van der Waals surface area contributed by atoms with Gasteiger partial charge in [0.2, 0.25) is 15.9 Å². The molecule has 5 nitrogen and oxygen atoms in total. The highest BCUT2D eigenvalue weighted by molar-refractivity contribution is 7.88. The fraction of sp³-hybridized carbons (Fsp3) is 0.941. The van der Waals surface area contributed by atoms with Crippen LogP contribution in [0.3, 0.4) is 0 Å². The molecule has 1 aliphatic carbocycles. The number of hydrogen-bond donors (Lipinski definition) is 1. The van der Waals surface area contributed by atoms with Crippen LogP contribution in [0.15, 0.2) is 0 Å². The predicted molar refractivity (Wildman–Crippen MR) is 92.6 cm³/mol. The summed E-state index contributed by atoms with van der Waals surface area (Å²) < 4.78 is 24.8. The smallest absolute Gasteiger partial charge is 0.223 e. The van der Waals surface area contributed by atoms with Gasteiger partial charge in [0, 0.05) is 25.0 Å². The molecule has 1 saturated carbocycles. The lowest BCUT2D eigenvalue weighted by Crippen LogP contribution is -2.50. The first-order chi connectivity index (χ1) is 10.9. The molecule has 2 rings (SSSR count). The SMILES string of the molecule is CCCCC1CCC(C(=O)NC2CCCN(S(C)(=O)=O)C2)CC1. The fourth-order valence-corrected chi connectivity index (χ4v) is 4.80. The molecule has 1 amide bonds. The monoisotopic (exact) mass is 344 g/mol. The van der Waals surface area contributed by atoms with Crippen LogP contribution < -0.4 is 5.32 Å². The molecule has 134 valence electrons. The first-order valence-electron chi connectivity index (χ1n) is 9.15. The topological polar surface area (TPSA) is 66.5 Å². The van der Waals surface area contributed by atoms with E-state index in [1.807, 2.05) is 0 Å². The second-order valence-corrected chi connectivity index (χ2v) is 9.31. The first-order valence-corrected chi connectivity index (χ1v) is 11.0. The van der Waals surface area contributed by atoms with Gasteiger partial charge in [0.25, 0.3) is 0 Å². The van der Waals surface area contributed by atoms with Gasteiger partial charge in [-0.05, 0) is 44.4 Å². The Balaban J connectivity index is 1.77. The van der Waals surface area contributed by atoms with E-state index in [2.05, 4.69) is 12.2 Å². The lowest BCUT2D eigenvalue weighted by atomic mass is 9.79. The molecule has 0 aromatic carbocycles. The Morgan fingerprint density at radius 2 is 1.87 bits per heavy atom. The van der Waals surface area contributed by atoms with Crippen LogP contribution in [-0.4, -0.2) is 44.0 Å². The molecule has 1 atom stereocenters. The highest BCUT2D eigenvalue weighted by Crippen LogP contribution is 2.32. The van der Waals surface area contributed by atoms with Crippen molar-refractivity contribution in [3.63, 3.8) is 0 Å². The molecule has 1 aliphatic heterocycles. The van der Waals surface area contributed by atoms with E-state index in [-0.39, 0.29) is 17.9 Å². The third-order valence-electron chi connectivity index (χ3n) is 5.38. The van der Waals surface area contributed by atoms with Crippen LogP contribution in [0.25, 0.3) is 0 Å². The number of carbonyl (C=O) groups is 1. The number of piperidine rings is 1. The van der Waals surface area contributed by atoms with Gasteiger partial charge < -0.3 is 5.32 Å². The Kier molecular flexibility index (Phi) is 6.89. The van der Waals surface area contributed by atoms with Gasteiger partial charge in [0.05, 0.1) is 6.26 Å². The fourth-order valence-electron chi connectivity index (χ4n) is 3.89. The normalized spacial score (nSPS) is 30.1. The number of amides is 1. The van der Waals surface area contributed by atoms with Crippen LogP contribution in [-0.2, 0) is 14.8 Å². The van der Waals surface area contributed by atoms with E-state index >= 15 is 0 Å². The van der Waals surface area contributed by atoms with Crippen LogP contribution in [0.1, 0.15) is 64.7 Å². The molecule has 2 fully saturated rings. The minimum atomic E-state index is -3.15. The van der Waals surface area contributed by atoms with Gasteiger partial charge in [-0.25, -0.2) is 12.7 Å². The minimum Gasteiger partial charge on any atom is -0.352 e. The van der Waals surface area contributed by atoms with E-state index in [4.69, 9.17) is 0 Å². The van der Waals surface area contributed by atoms with E-state index in [0.29, 0.717) is 13.1 Å². The van der Waals surface area contributed by atoms with Crippen molar-refractivity contribution < 1.29 is 13.2 Å². The van der Waals surface area contributed by atoms with Gasteiger partial charge in [-0.1, -0.05) is 26.2 Å². The van der Waals surface area contributed by atoms with Crippen molar-refractivity contribution in [1.29, 1.82) is 0 Å². The number of rotatable bonds is 6. The molecule has 1 unspecified atom stereocenters. The minimum absolute atomic E-state index is 0.0243. The molecule has 6 heteroatoms. The molecule has 1 heterocycles. The van der Waals surface area contributed by atoms with Crippen LogP contribution in [0.2, 0.25) is 0 Å². The predicted octanol–water partition coefficient (Wildman–Crippen LogP) is 2.52. The molecule has 2 aliphatic rings. The lowest BCUT2D eigenvalue weighted by molar-refractivity contribution is -0.127. The van der Waals surface area contributed by atoms with Crippen molar-refractivity contribution in [2.24, 2.45) is 11.8 Å². The summed E-state index contributed by atoms with van der Waals surface area (Å²) in [5.74, 6) is 1.06. The molecular weight excluding hydrogens is 312 g/mol. The number of carbonyl (C=O) groups excluding carboxylic acids is 1. The number of unbranched alkanes of at least 4 members (excludes halogenated alkanes) is 1. The summed E-state index contributed by atoms with van der Waals surface area (Å²) in [7, 11) is -3.15. The van der Waals surface area contributed by atoms with E-state index < -0.39 is 10.0 Å². The van der Waals surface area contributed by atoms with Gasteiger partial charge in [-0.2, -0.15) is 0 Å². The molecular formula is C17H32N2O3S. The van der Waals surface area contributed by atoms with E-state index in [0.717, 1.165) is 44.4 Å². The van der Waals surface area contributed by atoms with E-state index in [1.165, 1.54) is 29.8 Å². The Labute approximate surface area is 141 Å². The largest absolute Gasteiger partial charge is 0.352 e.